The average Bonchev–Trinajstić information content (AvgIpc) is 2.90. The van der Waals surface area contributed by atoms with Gasteiger partial charge in [-0.1, -0.05) is 60.4 Å². The lowest BCUT2D eigenvalue weighted by molar-refractivity contribution is -0.124. The highest BCUT2D eigenvalue weighted by Crippen LogP contribution is 2.34. The summed E-state index contributed by atoms with van der Waals surface area (Å²) in [5.74, 6) is 0.367. The number of fused-ring (bicyclic) bond motifs is 1. The molecule has 0 aliphatic carbocycles. The second kappa shape index (κ2) is 11.3. The molecule has 10 nitrogen and oxygen atoms in total. The van der Waals surface area contributed by atoms with Crippen LogP contribution >= 0.6 is 11.6 Å². The molecule has 0 saturated carbocycles. The molecule has 3 atom stereocenters. The van der Waals surface area contributed by atoms with Crippen LogP contribution in [0.3, 0.4) is 0 Å². The van der Waals surface area contributed by atoms with Crippen LogP contribution in [0, 0.1) is 6.92 Å². The topological polar surface area (TPSA) is 120 Å². The Morgan fingerprint density at radius 1 is 1.14 bits per heavy atom. The van der Waals surface area contributed by atoms with E-state index in [1.54, 1.807) is 19.2 Å². The van der Waals surface area contributed by atoms with Gasteiger partial charge in [0.25, 0.3) is 0 Å². The van der Waals surface area contributed by atoms with Crippen molar-refractivity contribution in [3.8, 4) is 0 Å². The van der Waals surface area contributed by atoms with Crippen LogP contribution in [0.25, 0.3) is 21.5 Å². The molecule has 11 heteroatoms. The number of piperazine rings is 1. The molecule has 3 aromatic rings. The highest BCUT2D eigenvalue weighted by atomic mass is 35.5. The maximum atomic E-state index is 13.4. The lowest BCUT2D eigenvalue weighted by Crippen LogP contribution is -2.60. The summed E-state index contributed by atoms with van der Waals surface area (Å²) in [6, 6.07) is 10.8. The number of azide groups is 1. The molecule has 0 radical (unpaired) electrons. The van der Waals surface area contributed by atoms with Crippen molar-refractivity contribution in [1.82, 2.24) is 19.4 Å². The van der Waals surface area contributed by atoms with Gasteiger partial charge in [0.05, 0.1) is 18.1 Å². The highest BCUT2D eigenvalue weighted by Gasteiger charge is 2.40. The number of aryl methyl sites for hydroxylation is 2. The number of Topliss-reactive ketones (excluding diaryl/α,β-unsaturated/α-hetero) is 1. The number of pyridine rings is 1. The monoisotopic (exact) mass is 522 g/mol. The lowest BCUT2D eigenvalue weighted by Gasteiger charge is -2.49. The summed E-state index contributed by atoms with van der Waals surface area (Å²) in [6.45, 7) is 7.06. The molecule has 1 aliphatic rings. The third-order valence-electron chi connectivity index (χ3n) is 7.17. The molecule has 2 aromatic heterocycles. The van der Waals surface area contributed by atoms with Gasteiger partial charge in [-0.2, -0.15) is 4.98 Å². The first-order chi connectivity index (χ1) is 17.8. The van der Waals surface area contributed by atoms with Gasteiger partial charge in [-0.05, 0) is 43.0 Å². The van der Waals surface area contributed by atoms with Crippen LogP contribution in [-0.2, 0) is 11.8 Å². The summed E-state index contributed by atoms with van der Waals surface area (Å²) < 4.78 is 1.47. The molecule has 0 spiro atoms. The maximum absolute atomic E-state index is 13.4. The number of carbonyl (C=O) groups excluding carboxylic acids is 1. The minimum atomic E-state index is -0.548. The Kier molecular flexibility index (Phi) is 8.12. The van der Waals surface area contributed by atoms with Crippen LogP contribution in [-0.4, -0.2) is 56.9 Å². The van der Waals surface area contributed by atoms with Crippen molar-refractivity contribution in [1.29, 1.82) is 0 Å². The van der Waals surface area contributed by atoms with E-state index in [1.807, 2.05) is 31.2 Å². The van der Waals surface area contributed by atoms with E-state index < -0.39 is 6.04 Å². The fourth-order valence-electron chi connectivity index (χ4n) is 5.14. The van der Waals surface area contributed by atoms with Crippen molar-refractivity contribution in [2.75, 3.05) is 24.5 Å². The molecule has 3 heterocycles. The Morgan fingerprint density at radius 2 is 1.84 bits per heavy atom. The predicted molar refractivity (Wildman–Crippen MR) is 145 cm³/mol. The van der Waals surface area contributed by atoms with Gasteiger partial charge in [0.15, 0.2) is 11.6 Å². The van der Waals surface area contributed by atoms with Crippen LogP contribution in [0.5, 0.6) is 0 Å². The number of aromatic nitrogens is 3. The first kappa shape index (κ1) is 26.6. The number of ketones is 1. The van der Waals surface area contributed by atoms with Crippen LogP contribution in [0.15, 0.2) is 46.3 Å². The standard InChI is InChI=1S/C26H31ClN8O2/c1-5-18-15-35(25-23-20(11-12-22(27)30-23)33(4)26(37)31-25)19(6-2)14-34(18)24(21(36)13-29-32-28)17-9-7-16(3)8-10-17/h7-12,18-19,24H,5-6,13-15H2,1-4H3/t18-,19+,24?/m1/s1. The van der Waals surface area contributed by atoms with Gasteiger partial charge < -0.3 is 4.90 Å². The van der Waals surface area contributed by atoms with Crippen LogP contribution in [0.4, 0.5) is 5.82 Å². The minimum Gasteiger partial charge on any atom is -0.349 e. The summed E-state index contributed by atoms with van der Waals surface area (Å²) in [5.41, 5.74) is 11.7. The number of rotatable bonds is 8. The zero-order valence-electron chi connectivity index (χ0n) is 21.5. The highest BCUT2D eigenvalue weighted by molar-refractivity contribution is 6.29. The molecule has 1 aliphatic heterocycles. The van der Waals surface area contributed by atoms with E-state index in [0.29, 0.717) is 35.1 Å². The van der Waals surface area contributed by atoms with E-state index >= 15 is 0 Å². The average molecular weight is 523 g/mol. The number of anilines is 1. The van der Waals surface area contributed by atoms with Gasteiger partial charge in [-0.25, -0.2) is 9.78 Å². The number of halogens is 1. The number of carbonyl (C=O) groups is 1. The lowest BCUT2D eigenvalue weighted by atomic mass is 9.93. The van der Waals surface area contributed by atoms with Gasteiger partial charge in [0.1, 0.15) is 10.7 Å². The summed E-state index contributed by atoms with van der Waals surface area (Å²) in [5, 5.41) is 3.90. The zero-order valence-corrected chi connectivity index (χ0v) is 22.3. The number of nitrogens with zero attached hydrogens (tertiary/aromatic N) is 8. The van der Waals surface area contributed by atoms with Crippen molar-refractivity contribution in [3.63, 3.8) is 0 Å². The Bertz CT molecular complexity index is 1400. The van der Waals surface area contributed by atoms with E-state index in [4.69, 9.17) is 17.1 Å². The second-order valence-electron chi connectivity index (χ2n) is 9.42. The Labute approximate surface area is 220 Å². The van der Waals surface area contributed by atoms with Crippen molar-refractivity contribution < 1.29 is 4.79 Å². The van der Waals surface area contributed by atoms with E-state index in [-0.39, 0.29) is 30.1 Å². The Balaban J connectivity index is 1.79. The summed E-state index contributed by atoms with van der Waals surface area (Å²) >= 11 is 6.24. The van der Waals surface area contributed by atoms with Gasteiger partial charge in [-0.15, -0.1) is 0 Å². The molecule has 194 valence electrons. The Morgan fingerprint density at radius 3 is 2.49 bits per heavy atom. The number of benzene rings is 1. The van der Waals surface area contributed by atoms with E-state index in [1.165, 1.54) is 4.57 Å². The van der Waals surface area contributed by atoms with Gasteiger partial charge in [0.2, 0.25) is 0 Å². The third kappa shape index (κ3) is 5.32. The first-order valence-corrected chi connectivity index (χ1v) is 12.8. The molecule has 0 amide bonds. The smallest absolute Gasteiger partial charge is 0.349 e. The summed E-state index contributed by atoms with van der Waals surface area (Å²) in [7, 11) is 1.67. The largest absolute Gasteiger partial charge is 0.349 e. The summed E-state index contributed by atoms with van der Waals surface area (Å²) in [4.78, 5) is 42.3. The van der Waals surface area contributed by atoms with Crippen molar-refractivity contribution in [2.24, 2.45) is 12.2 Å². The van der Waals surface area contributed by atoms with E-state index in [9.17, 15) is 9.59 Å². The molecule has 0 N–H and O–H groups in total. The molecular weight excluding hydrogens is 492 g/mol. The molecule has 1 unspecified atom stereocenters. The molecule has 1 saturated heterocycles. The molecular formula is C26H31ClN8O2. The minimum absolute atomic E-state index is 0.0239. The zero-order chi connectivity index (χ0) is 26.7. The fraction of sp³-hybridized carbons (Fsp3) is 0.462. The quantitative estimate of drug-likeness (QED) is 0.185. The SMILES string of the molecule is CC[C@H]1CN(C(C(=O)CN=[N+]=[N-])c2ccc(C)cc2)[C@H](CC)CN1c1nc(=O)n(C)c2ccc(Cl)nc12. The number of hydrogen-bond acceptors (Lipinski definition) is 7. The van der Waals surface area contributed by atoms with Crippen molar-refractivity contribution >= 4 is 34.2 Å². The molecule has 1 aromatic carbocycles. The van der Waals surface area contributed by atoms with Gasteiger partial charge in [-0.3, -0.25) is 14.3 Å². The predicted octanol–water partition coefficient (Wildman–Crippen LogP) is 4.59. The van der Waals surface area contributed by atoms with E-state index in [2.05, 4.69) is 43.6 Å². The molecule has 37 heavy (non-hydrogen) atoms. The normalized spacial score (nSPS) is 19.0. The van der Waals surface area contributed by atoms with Crippen LogP contribution < -0.4 is 10.6 Å². The van der Waals surface area contributed by atoms with Crippen LogP contribution in [0.2, 0.25) is 5.15 Å². The maximum Gasteiger partial charge on any atom is 0.349 e. The van der Waals surface area contributed by atoms with E-state index in [0.717, 1.165) is 24.0 Å². The second-order valence-corrected chi connectivity index (χ2v) is 9.81. The number of hydrogen-bond donors (Lipinski definition) is 0. The van der Waals surface area contributed by atoms with Crippen LogP contribution in [0.1, 0.15) is 43.9 Å². The summed E-state index contributed by atoms with van der Waals surface area (Å²) in [6.07, 6.45) is 1.53. The molecule has 1 fully saturated rings. The first-order valence-electron chi connectivity index (χ1n) is 12.4. The van der Waals surface area contributed by atoms with Gasteiger partial charge >= 0.3 is 5.69 Å². The third-order valence-corrected chi connectivity index (χ3v) is 7.38. The van der Waals surface area contributed by atoms with Gasteiger partial charge in [0, 0.05) is 37.1 Å². The Hall–Kier alpha value is -3.46. The fourth-order valence-corrected chi connectivity index (χ4v) is 5.29. The van der Waals surface area contributed by atoms with Crippen molar-refractivity contribution in [3.05, 3.63) is 73.6 Å². The van der Waals surface area contributed by atoms with Crippen molar-refractivity contribution in [2.45, 2.75) is 51.7 Å². The molecule has 0 bridgehead atoms. The molecule has 4 rings (SSSR count).